The Morgan fingerprint density at radius 2 is 2.35 bits per heavy atom. The Morgan fingerprint density at radius 1 is 1.46 bits per heavy atom. The van der Waals surface area contributed by atoms with Crippen LogP contribution in [0, 0.1) is 5.92 Å². The van der Waals surface area contributed by atoms with E-state index in [1.165, 1.54) is 0 Å². The molecule has 0 saturated carbocycles. The Balaban J connectivity index is 1.57. The van der Waals surface area contributed by atoms with E-state index in [2.05, 4.69) is 15.2 Å². The van der Waals surface area contributed by atoms with Gasteiger partial charge in [0.15, 0.2) is 5.58 Å². The van der Waals surface area contributed by atoms with E-state index >= 15 is 0 Å². The summed E-state index contributed by atoms with van der Waals surface area (Å²) in [6.07, 6.45) is 2.60. The largest absolute Gasteiger partial charge is 0.497 e. The minimum atomic E-state index is 0.0823. The van der Waals surface area contributed by atoms with E-state index in [1.807, 2.05) is 25.1 Å². The number of anilines is 1. The minimum Gasteiger partial charge on any atom is -0.497 e. The van der Waals surface area contributed by atoms with Gasteiger partial charge in [0, 0.05) is 38.7 Å². The number of rotatable bonds is 8. The van der Waals surface area contributed by atoms with Gasteiger partial charge in [0.2, 0.25) is 5.91 Å². The highest BCUT2D eigenvalue weighted by Crippen LogP contribution is 2.29. The number of aromatic nitrogens is 1. The summed E-state index contributed by atoms with van der Waals surface area (Å²) < 4.78 is 16.4. The molecule has 0 spiro atoms. The van der Waals surface area contributed by atoms with E-state index in [1.54, 1.807) is 7.11 Å². The Bertz CT molecular complexity index is 731. The summed E-state index contributed by atoms with van der Waals surface area (Å²) >= 11 is 0. The monoisotopic (exact) mass is 361 g/mol. The first-order valence-corrected chi connectivity index (χ1v) is 9.23. The van der Waals surface area contributed by atoms with Crippen molar-refractivity contribution in [1.29, 1.82) is 0 Å². The molecule has 1 aromatic carbocycles. The summed E-state index contributed by atoms with van der Waals surface area (Å²) in [4.78, 5) is 18.8. The van der Waals surface area contributed by atoms with Gasteiger partial charge >= 0.3 is 0 Å². The fourth-order valence-corrected chi connectivity index (χ4v) is 3.30. The summed E-state index contributed by atoms with van der Waals surface area (Å²) in [5.41, 5.74) is 1.53. The molecule has 1 fully saturated rings. The smallest absolute Gasteiger partial charge is 0.298 e. The van der Waals surface area contributed by atoms with Gasteiger partial charge in [0.25, 0.3) is 6.01 Å². The topological polar surface area (TPSA) is 76.8 Å². The molecular weight excluding hydrogens is 334 g/mol. The van der Waals surface area contributed by atoms with Crippen LogP contribution >= 0.6 is 0 Å². The normalized spacial score (nSPS) is 17.5. The highest BCUT2D eigenvalue weighted by molar-refractivity contribution is 5.77. The Labute approximate surface area is 153 Å². The second-order valence-corrected chi connectivity index (χ2v) is 6.54. The number of nitrogens with zero attached hydrogens (tertiary/aromatic N) is 2. The maximum atomic E-state index is 12.1. The molecule has 1 saturated heterocycles. The molecule has 7 nitrogen and oxygen atoms in total. The number of hydrogen-bond donors (Lipinski definition) is 1. The molecule has 0 radical (unpaired) electrons. The van der Waals surface area contributed by atoms with Gasteiger partial charge in [-0.3, -0.25) is 4.79 Å². The Hall–Kier alpha value is -2.28. The third-order valence-corrected chi connectivity index (χ3v) is 4.62. The zero-order valence-corrected chi connectivity index (χ0v) is 15.5. The molecule has 0 bridgehead atoms. The lowest BCUT2D eigenvalue weighted by Crippen LogP contribution is -2.38. The van der Waals surface area contributed by atoms with Crippen molar-refractivity contribution in [2.75, 3.05) is 44.9 Å². The highest BCUT2D eigenvalue weighted by Gasteiger charge is 2.25. The van der Waals surface area contributed by atoms with Gasteiger partial charge in [0.05, 0.1) is 13.7 Å². The van der Waals surface area contributed by atoms with E-state index in [-0.39, 0.29) is 5.91 Å². The van der Waals surface area contributed by atoms with Crippen LogP contribution in [0.15, 0.2) is 22.6 Å². The minimum absolute atomic E-state index is 0.0823. The number of carbonyl (C=O) groups is 1. The average Bonchev–Trinajstić information content (AvgIpc) is 3.08. The second kappa shape index (κ2) is 8.89. The van der Waals surface area contributed by atoms with E-state index in [0.717, 1.165) is 42.8 Å². The van der Waals surface area contributed by atoms with Gasteiger partial charge in [-0.1, -0.05) is 0 Å². The van der Waals surface area contributed by atoms with Crippen LogP contribution in [0.4, 0.5) is 6.01 Å². The van der Waals surface area contributed by atoms with Gasteiger partial charge in [-0.2, -0.15) is 4.98 Å². The standard InChI is InChI=1S/C19H27N3O4/c1-3-25-10-8-20-18(23)11-14-5-4-9-22(13-14)19-21-16-12-15(24-2)6-7-17(16)26-19/h6-7,12,14H,3-5,8-11,13H2,1-2H3,(H,20,23). The van der Waals surface area contributed by atoms with Crippen molar-refractivity contribution in [3.05, 3.63) is 18.2 Å². The highest BCUT2D eigenvalue weighted by atomic mass is 16.5. The number of hydrogen-bond acceptors (Lipinski definition) is 6. The number of ether oxygens (including phenoxy) is 2. The molecule has 1 aliphatic heterocycles. The molecule has 1 atom stereocenters. The summed E-state index contributed by atoms with van der Waals surface area (Å²) in [6, 6.07) is 6.23. The third kappa shape index (κ3) is 4.66. The van der Waals surface area contributed by atoms with Crippen LogP contribution in [-0.2, 0) is 9.53 Å². The number of nitrogens with one attached hydrogen (secondary N) is 1. The average molecular weight is 361 g/mol. The molecule has 2 heterocycles. The number of oxazole rings is 1. The molecule has 1 aromatic heterocycles. The quantitative estimate of drug-likeness (QED) is 0.728. The number of piperidine rings is 1. The summed E-state index contributed by atoms with van der Waals surface area (Å²) in [5.74, 6) is 1.15. The van der Waals surface area contributed by atoms with Crippen LogP contribution in [-0.4, -0.2) is 50.8 Å². The lowest BCUT2D eigenvalue weighted by atomic mass is 9.95. The zero-order chi connectivity index (χ0) is 18.4. The molecule has 142 valence electrons. The van der Waals surface area contributed by atoms with Crippen molar-refractivity contribution in [3.8, 4) is 5.75 Å². The van der Waals surface area contributed by atoms with Crippen LogP contribution in [0.25, 0.3) is 11.1 Å². The maximum absolute atomic E-state index is 12.1. The van der Waals surface area contributed by atoms with Crippen molar-refractivity contribution in [1.82, 2.24) is 10.3 Å². The van der Waals surface area contributed by atoms with Crippen LogP contribution in [0.2, 0.25) is 0 Å². The molecule has 1 N–H and O–H groups in total. The van der Waals surface area contributed by atoms with Gasteiger partial charge in [-0.25, -0.2) is 0 Å². The lowest BCUT2D eigenvalue weighted by Gasteiger charge is -2.31. The van der Waals surface area contributed by atoms with Crippen molar-refractivity contribution in [2.24, 2.45) is 5.92 Å². The van der Waals surface area contributed by atoms with E-state index in [0.29, 0.717) is 38.1 Å². The van der Waals surface area contributed by atoms with Crippen LogP contribution in [0.5, 0.6) is 5.75 Å². The molecule has 0 aliphatic carbocycles. The molecule has 3 rings (SSSR count). The fraction of sp³-hybridized carbons (Fsp3) is 0.579. The lowest BCUT2D eigenvalue weighted by molar-refractivity contribution is -0.122. The molecule has 1 unspecified atom stereocenters. The van der Waals surface area contributed by atoms with Crippen LogP contribution in [0.3, 0.4) is 0 Å². The first kappa shape index (κ1) is 18.5. The summed E-state index contributed by atoms with van der Waals surface area (Å²) in [6.45, 7) is 5.42. The first-order chi connectivity index (χ1) is 12.7. The number of benzene rings is 1. The van der Waals surface area contributed by atoms with Crippen LogP contribution < -0.4 is 15.0 Å². The van der Waals surface area contributed by atoms with E-state index < -0.39 is 0 Å². The Kier molecular flexibility index (Phi) is 6.33. The van der Waals surface area contributed by atoms with Gasteiger partial charge < -0.3 is 24.1 Å². The van der Waals surface area contributed by atoms with Crippen molar-refractivity contribution >= 4 is 23.0 Å². The van der Waals surface area contributed by atoms with E-state index in [9.17, 15) is 4.79 Å². The Morgan fingerprint density at radius 3 is 3.15 bits per heavy atom. The van der Waals surface area contributed by atoms with E-state index in [4.69, 9.17) is 13.9 Å². The summed E-state index contributed by atoms with van der Waals surface area (Å²) in [5, 5.41) is 2.92. The predicted octanol–water partition coefficient (Wildman–Crippen LogP) is 2.60. The SMILES string of the molecule is CCOCCNC(=O)CC1CCCN(c2nc3cc(OC)ccc3o2)C1. The van der Waals surface area contributed by atoms with Gasteiger partial charge in [-0.15, -0.1) is 0 Å². The first-order valence-electron chi connectivity index (χ1n) is 9.23. The summed E-state index contributed by atoms with van der Waals surface area (Å²) in [7, 11) is 1.64. The van der Waals surface area contributed by atoms with Crippen molar-refractivity contribution < 1.29 is 18.7 Å². The zero-order valence-electron chi connectivity index (χ0n) is 15.5. The number of fused-ring (bicyclic) bond motifs is 1. The second-order valence-electron chi connectivity index (χ2n) is 6.54. The van der Waals surface area contributed by atoms with Crippen LogP contribution in [0.1, 0.15) is 26.2 Å². The molecule has 2 aromatic rings. The molecular formula is C19H27N3O4. The fourth-order valence-electron chi connectivity index (χ4n) is 3.30. The number of amides is 1. The predicted molar refractivity (Wildman–Crippen MR) is 99.6 cm³/mol. The van der Waals surface area contributed by atoms with Crippen molar-refractivity contribution in [2.45, 2.75) is 26.2 Å². The number of carbonyl (C=O) groups excluding carboxylic acids is 1. The molecule has 1 amide bonds. The molecule has 7 heteroatoms. The number of methoxy groups -OCH3 is 1. The van der Waals surface area contributed by atoms with Crippen molar-refractivity contribution in [3.63, 3.8) is 0 Å². The molecule has 26 heavy (non-hydrogen) atoms. The van der Waals surface area contributed by atoms with Gasteiger partial charge in [-0.05, 0) is 37.8 Å². The third-order valence-electron chi connectivity index (χ3n) is 4.62. The maximum Gasteiger partial charge on any atom is 0.298 e. The molecule has 1 aliphatic rings. The van der Waals surface area contributed by atoms with Gasteiger partial charge in [0.1, 0.15) is 11.3 Å².